The predicted molar refractivity (Wildman–Crippen MR) is 106 cm³/mol. The second-order valence-electron chi connectivity index (χ2n) is 5.97. The summed E-state index contributed by atoms with van der Waals surface area (Å²) in [4.78, 5) is 21.7. The number of carbonyl (C=O) groups is 1. The molecule has 0 unspecified atom stereocenters. The first-order valence-electron chi connectivity index (χ1n) is 8.51. The third-order valence-electron chi connectivity index (χ3n) is 4.26. The highest BCUT2D eigenvalue weighted by Crippen LogP contribution is 2.31. The maximum Gasteiger partial charge on any atom is 0.256 e. The number of hydrogen-bond acceptors (Lipinski definition) is 4. The molecule has 0 fully saturated rings. The molecule has 0 aliphatic carbocycles. The fraction of sp³-hybridized carbons (Fsp3) is 0.0455. The van der Waals surface area contributed by atoms with Gasteiger partial charge < -0.3 is 10.1 Å². The molecule has 0 saturated carbocycles. The first-order chi connectivity index (χ1) is 13.3. The summed E-state index contributed by atoms with van der Waals surface area (Å²) in [6.07, 6.45) is 3.28. The maximum atomic E-state index is 13.0. The molecule has 1 N–H and O–H groups in total. The Kier molecular flexibility index (Phi) is 4.49. The molecule has 5 nitrogen and oxygen atoms in total. The van der Waals surface area contributed by atoms with Crippen molar-refractivity contribution in [3.05, 3.63) is 84.7 Å². The van der Waals surface area contributed by atoms with Crippen LogP contribution < -0.4 is 10.1 Å². The van der Waals surface area contributed by atoms with Crippen LogP contribution in [-0.2, 0) is 0 Å². The van der Waals surface area contributed by atoms with E-state index in [4.69, 9.17) is 9.72 Å². The molecule has 2 heterocycles. The van der Waals surface area contributed by atoms with E-state index in [-0.39, 0.29) is 5.91 Å². The molecule has 132 valence electrons. The van der Waals surface area contributed by atoms with E-state index in [1.165, 1.54) is 0 Å². The van der Waals surface area contributed by atoms with Crippen LogP contribution in [0.1, 0.15) is 10.4 Å². The third-order valence-corrected chi connectivity index (χ3v) is 4.26. The Bertz CT molecular complexity index is 1110. The molecule has 0 aliphatic heterocycles. The number of pyridine rings is 2. The zero-order valence-electron chi connectivity index (χ0n) is 14.7. The molecule has 4 aromatic rings. The summed E-state index contributed by atoms with van der Waals surface area (Å²) in [5.41, 5.74) is 3.45. The van der Waals surface area contributed by atoms with Crippen molar-refractivity contribution in [2.75, 3.05) is 12.4 Å². The zero-order chi connectivity index (χ0) is 18.6. The normalized spacial score (nSPS) is 10.6. The number of para-hydroxylation sites is 2. The van der Waals surface area contributed by atoms with Gasteiger partial charge >= 0.3 is 0 Å². The summed E-state index contributed by atoms with van der Waals surface area (Å²) in [5.74, 6) is 0.497. The third kappa shape index (κ3) is 3.35. The number of anilines is 1. The smallest absolute Gasteiger partial charge is 0.256 e. The Morgan fingerprint density at radius 3 is 2.63 bits per heavy atom. The van der Waals surface area contributed by atoms with E-state index in [9.17, 15) is 4.79 Å². The standard InChI is InChI=1S/C22H17N3O2/c1-27-21-11-5-3-9-17(21)20-13-18(16-8-2-4-10-19(16)25-20)22(26)24-15-7-6-12-23-14-15/h2-14H,1H3,(H,24,26). The average molecular weight is 355 g/mol. The Morgan fingerprint density at radius 2 is 1.81 bits per heavy atom. The molecule has 4 rings (SSSR count). The van der Waals surface area contributed by atoms with Gasteiger partial charge in [0.2, 0.25) is 0 Å². The summed E-state index contributed by atoms with van der Waals surface area (Å²) in [6, 6.07) is 20.6. The lowest BCUT2D eigenvalue weighted by Gasteiger charge is -2.12. The largest absolute Gasteiger partial charge is 0.496 e. The summed E-state index contributed by atoms with van der Waals surface area (Å²) in [6.45, 7) is 0. The van der Waals surface area contributed by atoms with Gasteiger partial charge in [-0.15, -0.1) is 0 Å². The van der Waals surface area contributed by atoms with E-state index < -0.39 is 0 Å². The zero-order valence-corrected chi connectivity index (χ0v) is 14.7. The molecule has 27 heavy (non-hydrogen) atoms. The topological polar surface area (TPSA) is 64.1 Å². The fourth-order valence-electron chi connectivity index (χ4n) is 2.99. The number of benzene rings is 2. The van der Waals surface area contributed by atoms with E-state index in [1.807, 2.05) is 48.5 Å². The number of carbonyl (C=O) groups excluding carboxylic acids is 1. The first-order valence-corrected chi connectivity index (χ1v) is 8.51. The van der Waals surface area contributed by atoms with Crippen molar-refractivity contribution in [2.24, 2.45) is 0 Å². The number of aromatic nitrogens is 2. The molecule has 0 aliphatic rings. The molecule has 0 radical (unpaired) electrons. The van der Waals surface area contributed by atoms with Crippen LogP contribution in [0.15, 0.2) is 79.1 Å². The van der Waals surface area contributed by atoms with Crippen LogP contribution in [0.2, 0.25) is 0 Å². The number of rotatable bonds is 4. The van der Waals surface area contributed by atoms with Crippen molar-refractivity contribution in [1.82, 2.24) is 9.97 Å². The Balaban J connectivity index is 1.85. The second-order valence-corrected chi connectivity index (χ2v) is 5.97. The van der Waals surface area contributed by atoms with E-state index in [1.54, 1.807) is 37.7 Å². The quantitative estimate of drug-likeness (QED) is 0.583. The monoisotopic (exact) mass is 355 g/mol. The van der Waals surface area contributed by atoms with Crippen molar-refractivity contribution in [3.8, 4) is 17.0 Å². The van der Waals surface area contributed by atoms with E-state index in [0.717, 1.165) is 16.5 Å². The molecule has 2 aromatic heterocycles. The lowest BCUT2D eigenvalue weighted by atomic mass is 10.0. The lowest BCUT2D eigenvalue weighted by molar-refractivity contribution is 0.102. The van der Waals surface area contributed by atoms with Crippen molar-refractivity contribution in [2.45, 2.75) is 0 Å². The van der Waals surface area contributed by atoms with Crippen LogP contribution in [0, 0.1) is 0 Å². The molecule has 0 atom stereocenters. The lowest BCUT2D eigenvalue weighted by Crippen LogP contribution is -2.13. The second kappa shape index (κ2) is 7.25. The van der Waals surface area contributed by atoms with Gasteiger partial charge in [-0.1, -0.05) is 30.3 Å². The number of nitrogens with one attached hydrogen (secondary N) is 1. The molecule has 5 heteroatoms. The molecule has 0 spiro atoms. The molecule has 1 amide bonds. The number of nitrogens with zero attached hydrogens (tertiary/aromatic N) is 2. The van der Waals surface area contributed by atoms with Gasteiger partial charge in [0.1, 0.15) is 5.75 Å². The van der Waals surface area contributed by atoms with Crippen LogP contribution in [0.25, 0.3) is 22.2 Å². The minimum absolute atomic E-state index is 0.210. The minimum atomic E-state index is -0.210. The van der Waals surface area contributed by atoms with E-state index in [0.29, 0.717) is 22.7 Å². The summed E-state index contributed by atoms with van der Waals surface area (Å²) in [7, 11) is 1.62. The molecule has 2 aromatic carbocycles. The van der Waals surface area contributed by atoms with Crippen LogP contribution >= 0.6 is 0 Å². The summed E-state index contributed by atoms with van der Waals surface area (Å²) in [5, 5.41) is 3.69. The van der Waals surface area contributed by atoms with Crippen LogP contribution in [0.3, 0.4) is 0 Å². The number of hydrogen-bond donors (Lipinski definition) is 1. The predicted octanol–water partition coefficient (Wildman–Crippen LogP) is 4.56. The number of ether oxygens (including phenoxy) is 1. The van der Waals surface area contributed by atoms with E-state index >= 15 is 0 Å². The fourth-order valence-corrected chi connectivity index (χ4v) is 2.99. The molecule has 0 bridgehead atoms. The van der Waals surface area contributed by atoms with Crippen molar-refractivity contribution < 1.29 is 9.53 Å². The van der Waals surface area contributed by atoms with Crippen LogP contribution in [0.5, 0.6) is 5.75 Å². The first kappa shape index (κ1) is 16.7. The number of methoxy groups -OCH3 is 1. The maximum absolute atomic E-state index is 13.0. The highest BCUT2D eigenvalue weighted by molar-refractivity contribution is 6.13. The van der Waals surface area contributed by atoms with Gasteiger partial charge in [0.15, 0.2) is 0 Å². The van der Waals surface area contributed by atoms with Crippen molar-refractivity contribution >= 4 is 22.5 Å². The number of fused-ring (bicyclic) bond motifs is 1. The Hall–Kier alpha value is -3.73. The summed E-state index contributed by atoms with van der Waals surface area (Å²) >= 11 is 0. The SMILES string of the molecule is COc1ccccc1-c1cc(C(=O)Nc2cccnc2)c2ccccc2n1. The van der Waals surface area contributed by atoms with Gasteiger partial charge in [-0.25, -0.2) is 4.98 Å². The minimum Gasteiger partial charge on any atom is -0.496 e. The van der Waals surface area contributed by atoms with Gasteiger partial charge in [-0.2, -0.15) is 0 Å². The molecular formula is C22H17N3O2. The molecular weight excluding hydrogens is 338 g/mol. The van der Waals surface area contributed by atoms with Crippen molar-refractivity contribution in [1.29, 1.82) is 0 Å². The van der Waals surface area contributed by atoms with Crippen LogP contribution in [-0.4, -0.2) is 23.0 Å². The van der Waals surface area contributed by atoms with Gasteiger partial charge in [-0.3, -0.25) is 9.78 Å². The highest BCUT2D eigenvalue weighted by Gasteiger charge is 2.16. The number of amides is 1. The summed E-state index contributed by atoms with van der Waals surface area (Å²) < 4.78 is 5.46. The van der Waals surface area contributed by atoms with Crippen molar-refractivity contribution in [3.63, 3.8) is 0 Å². The van der Waals surface area contributed by atoms with Gasteiger partial charge in [0.25, 0.3) is 5.91 Å². The van der Waals surface area contributed by atoms with E-state index in [2.05, 4.69) is 10.3 Å². The van der Waals surface area contributed by atoms with Crippen LogP contribution in [0.4, 0.5) is 5.69 Å². The average Bonchev–Trinajstić information content (AvgIpc) is 2.73. The highest BCUT2D eigenvalue weighted by atomic mass is 16.5. The molecule has 0 saturated heterocycles. The Labute approximate surface area is 156 Å². The van der Waals surface area contributed by atoms with Gasteiger partial charge in [0, 0.05) is 17.1 Å². The van der Waals surface area contributed by atoms with Gasteiger partial charge in [-0.05, 0) is 36.4 Å². The van der Waals surface area contributed by atoms with Gasteiger partial charge in [0.05, 0.1) is 35.8 Å². The Morgan fingerprint density at radius 1 is 1.00 bits per heavy atom.